The summed E-state index contributed by atoms with van der Waals surface area (Å²) in [6, 6.07) is 5.96. The number of hydrogen-bond acceptors (Lipinski definition) is 2. The molecule has 3 nitrogen and oxygen atoms in total. The predicted molar refractivity (Wildman–Crippen MR) is 87.4 cm³/mol. The van der Waals surface area contributed by atoms with E-state index in [4.69, 9.17) is 0 Å². The normalized spacial score (nSPS) is 20.7. The average molecular weight is 378 g/mol. The molecule has 3 heterocycles. The van der Waals surface area contributed by atoms with Crippen molar-refractivity contribution in [3.8, 4) is 0 Å². The number of rotatable bonds is 1. The fourth-order valence-electron chi connectivity index (χ4n) is 3.34. The molecule has 1 N–H and O–H groups in total. The molecular formula is C17H14BrF2N3. The first-order valence-corrected chi connectivity index (χ1v) is 8.19. The number of aromatic nitrogens is 2. The van der Waals surface area contributed by atoms with Crippen LogP contribution in [0.4, 0.5) is 8.78 Å². The van der Waals surface area contributed by atoms with Gasteiger partial charge in [0.2, 0.25) is 0 Å². The highest BCUT2D eigenvalue weighted by Crippen LogP contribution is 2.35. The number of fused-ring (bicyclic) bond motifs is 3. The smallest absolute Gasteiger partial charge is 0.136 e. The molecule has 0 radical (unpaired) electrons. The van der Waals surface area contributed by atoms with Crippen molar-refractivity contribution in [2.45, 2.75) is 25.4 Å². The fraction of sp³-hybridized carbons (Fsp3) is 0.235. The predicted octanol–water partition coefficient (Wildman–Crippen LogP) is 4.00. The summed E-state index contributed by atoms with van der Waals surface area (Å²) >= 11 is 3.13. The molecule has 0 spiro atoms. The van der Waals surface area contributed by atoms with Crippen molar-refractivity contribution in [2.24, 2.45) is 0 Å². The van der Waals surface area contributed by atoms with Gasteiger partial charge in [-0.1, -0.05) is 22.0 Å². The van der Waals surface area contributed by atoms with E-state index in [0.717, 1.165) is 23.3 Å². The molecule has 1 aliphatic heterocycles. The molecule has 0 fully saturated rings. The number of pyridine rings is 1. The summed E-state index contributed by atoms with van der Waals surface area (Å²) in [7, 11) is 0. The van der Waals surface area contributed by atoms with Gasteiger partial charge >= 0.3 is 0 Å². The van der Waals surface area contributed by atoms with E-state index in [2.05, 4.69) is 26.2 Å². The summed E-state index contributed by atoms with van der Waals surface area (Å²) in [6.07, 6.45) is 4.40. The molecule has 118 valence electrons. The Morgan fingerprint density at radius 1 is 1.26 bits per heavy atom. The lowest BCUT2D eigenvalue weighted by Crippen LogP contribution is -2.39. The third-order valence-corrected chi connectivity index (χ3v) is 4.76. The highest BCUT2D eigenvalue weighted by molar-refractivity contribution is 9.10. The molecule has 6 heteroatoms. The second-order valence-corrected chi connectivity index (χ2v) is 6.79. The number of nitrogens with one attached hydrogen (secondary N) is 1. The van der Waals surface area contributed by atoms with Crippen molar-refractivity contribution < 1.29 is 8.78 Å². The van der Waals surface area contributed by atoms with Gasteiger partial charge in [0.1, 0.15) is 17.3 Å². The van der Waals surface area contributed by atoms with Gasteiger partial charge in [0.15, 0.2) is 0 Å². The van der Waals surface area contributed by atoms with E-state index in [1.807, 2.05) is 29.7 Å². The Bertz CT molecular complexity index is 883. The van der Waals surface area contributed by atoms with E-state index < -0.39 is 17.7 Å². The quantitative estimate of drug-likeness (QED) is 0.694. The summed E-state index contributed by atoms with van der Waals surface area (Å²) in [4.78, 5) is 4.28. The Kier molecular flexibility index (Phi) is 3.46. The fourth-order valence-corrected chi connectivity index (χ4v) is 3.74. The number of nitrogens with zero attached hydrogens (tertiary/aromatic N) is 2. The van der Waals surface area contributed by atoms with E-state index >= 15 is 0 Å². The minimum absolute atomic E-state index is 0.0560. The average Bonchev–Trinajstić information content (AvgIpc) is 2.94. The third kappa shape index (κ3) is 2.37. The van der Waals surface area contributed by atoms with Gasteiger partial charge in [0.05, 0.1) is 6.04 Å². The van der Waals surface area contributed by atoms with Gasteiger partial charge in [0, 0.05) is 40.6 Å². The highest BCUT2D eigenvalue weighted by Gasteiger charge is 2.31. The third-order valence-electron chi connectivity index (χ3n) is 4.30. The van der Waals surface area contributed by atoms with Crippen LogP contribution in [-0.2, 0) is 6.42 Å². The first kappa shape index (κ1) is 14.8. The second kappa shape index (κ2) is 5.39. The first-order valence-electron chi connectivity index (χ1n) is 7.40. The summed E-state index contributed by atoms with van der Waals surface area (Å²) < 4.78 is 31.3. The lowest BCUT2D eigenvalue weighted by Gasteiger charge is -2.32. The first-order chi connectivity index (χ1) is 11.0. The molecule has 3 aromatic rings. The van der Waals surface area contributed by atoms with E-state index in [-0.39, 0.29) is 11.6 Å². The Hall–Kier alpha value is -1.79. The molecule has 2 atom stereocenters. The van der Waals surface area contributed by atoms with E-state index in [9.17, 15) is 8.78 Å². The van der Waals surface area contributed by atoms with Gasteiger partial charge in [-0.3, -0.25) is 0 Å². The van der Waals surface area contributed by atoms with Gasteiger partial charge in [0.25, 0.3) is 0 Å². The van der Waals surface area contributed by atoms with Crippen LogP contribution in [0.3, 0.4) is 0 Å². The molecule has 0 amide bonds. The van der Waals surface area contributed by atoms with Gasteiger partial charge in [-0.05, 0) is 30.7 Å². The maximum atomic E-state index is 14.4. The molecule has 2 aromatic heterocycles. The number of benzene rings is 1. The molecule has 0 bridgehead atoms. The van der Waals surface area contributed by atoms with Gasteiger partial charge in [-0.25, -0.2) is 13.8 Å². The molecule has 23 heavy (non-hydrogen) atoms. The lowest BCUT2D eigenvalue weighted by atomic mass is 9.89. The van der Waals surface area contributed by atoms with Crippen molar-refractivity contribution in [2.75, 3.05) is 0 Å². The van der Waals surface area contributed by atoms with E-state index in [1.54, 1.807) is 6.20 Å². The summed E-state index contributed by atoms with van der Waals surface area (Å²) in [6.45, 7) is 2.01. The molecule has 0 saturated heterocycles. The monoisotopic (exact) mass is 377 g/mol. The molecule has 0 aliphatic carbocycles. The largest absolute Gasteiger partial charge is 0.304 e. The molecule has 0 saturated carbocycles. The van der Waals surface area contributed by atoms with Crippen LogP contribution in [0.5, 0.6) is 0 Å². The standard InChI is InChI=1S/C17H14BrF2N3/c1-9-6-14-11(2-3-15-21-4-5-23(14)15)17(22-9)16-12(19)7-10(18)8-13(16)20/h2-5,7-9,17,22H,6H2,1H3. The van der Waals surface area contributed by atoms with Crippen molar-refractivity contribution >= 4 is 21.6 Å². The molecular weight excluding hydrogens is 364 g/mol. The topological polar surface area (TPSA) is 29.3 Å². The Balaban J connectivity index is 1.95. The maximum Gasteiger partial charge on any atom is 0.136 e. The van der Waals surface area contributed by atoms with E-state index in [1.165, 1.54) is 12.1 Å². The van der Waals surface area contributed by atoms with Crippen LogP contribution < -0.4 is 5.32 Å². The van der Waals surface area contributed by atoms with Crippen LogP contribution in [0, 0.1) is 11.6 Å². The number of hydrogen-bond donors (Lipinski definition) is 1. The molecule has 1 aromatic carbocycles. The number of halogens is 3. The van der Waals surface area contributed by atoms with Gasteiger partial charge in [-0.15, -0.1) is 0 Å². The lowest BCUT2D eigenvalue weighted by molar-refractivity contribution is 0.426. The molecule has 4 rings (SSSR count). The SMILES string of the molecule is CC1Cc2c(ccc3nccn23)C(c2c(F)cc(Br)cc2F)N1. The minimum atomic E-state index is -0.555. The van der Waals surface area contributed by atoms with E-state index in [0.29, 0.717) is 4.47 Å². The van der Waals surface area contributed by atoms with Crippen molar-refractivity contribution in [1.82, 2.24) is 14.7 Å². The van der Waals surface area contributed by atoms with Crippen molar-refractivity contribution in [3.63, 3.8) is 0 Å². The molecule has 2 unspecified atom stereocenters. The van der Waals surface area contributed by atoms with Crippen molar-refractivity contribution in [1.29, 1.82) is 0 Å². The van der Waals surface area contributed by atoms with Crippen LogP contribution in [-0.4, -0.2) is 15.4 Å². The zero-order valence-electron chi connectivity index (χ0n) is 12.4. The summed E-state index contributed by atoms with van der Waals surface area (Å²) in [5, 5.41) is 3.32. The van der Waals surface area contributed by atoms with Crippen molar-refractivity contribution in [3.05, 3.63) is 69.6 Å². The van der Waals surface area contributed by atoms with Crippen LogP contribution >= 0.6 is 15.9 Å². The van der Waals surface area contributed by atoms with Crippen LogP contribution in [0.2, 0.25) is 0 Å². The highest BCUT2D eigenvalue weighted by atomic mass is 79.9. The van der Waals surface area contributed by atoms with Gasteiger partial charge < -0.3 is 9.72 Å². The summed E-state index contributed by atoms with van der Waals surface area (Å²) in [5.41, 5.74) is 2.82. The van der Waals surface area contributed by atoms with Crippen LogP contribution in [0.1, 0.15) is 29.8 Å². The van der Waals surface area contributed by atoms with Crippen LogP contribution in [0.15, 0.2) is 41.1 Å². The molecule has 1 aliphatic rings. The maximum absolute atomic E-state index is 14.4. The zero-order valence-corrected chi connectivity index (χ0v) is 13.9. The second-order valence-electron chi connectivity index (χ2n) is 5.88. The Morgan fingerprint density at radius 3 is 2.74 bits per heavy atom. The summed E-state index contributed by atoms with van der Waals surface area (Å²) in [5.74, 6) is -1.11. The Labute approximate surface area is 140 Å². The minimum Gasteiger partial charge on any atom is -0.304 e. The van der Waals surface area contributed by atoms with Crippen LogP contribution in [0.25, 0.3) is 5.65 Å². The zero-order chi connectivity index (χ0) is 16.1. The Morgan fingerprint density at radius 2 is 2.00 bits per heavy atom. The number of imidazole rings is 1. The van der Waals surface area contributed by atoms with Gasteiger partial charge in [-0.2, -0.15) is 0 Å².